The van der Waals surface area contributed by atoms with E-state index in [0.717, 1.165) is 0 Å². The monoisotopic (exact) mass is 502 g/mol. The van der Waals surface area contributed by atoms with Crippen LogP contribution < -0.4 is 16.0 Å². The van der Waals surface area contributed by atoms with E-state index in [9.17, 15) is 14.9 Å². The molecule has 3 N–H and O–H groups in total. The number of nitrogens with one attached hydrogen (secondary N) is 3. The molecule has 36 heavy (non-hydrogen) atoms. The number of rotatable bonds is 5. The van der Waals surface area contributed by atoms with Crippen LogP contribution >= 0.6 is 11.6 Å². The highest BCUT2D eigenvalue weighted by molar-refractivity contribution is 6.31. The van der Waals surface area contributed by atoms with E-state index in [1.807, 2.05) is 30.3 Å². The first-order chi connectivity index (χ1) is 17.4. The number of nitrogens with zero attached hydrogens (tertiary/aromatic N) is 3. The van der Waals surface area contributed by atoms with Crippen molar-refractivity contribution in [1.82, 2.24) is 10.3 Å². The van der Waals surface area contributed by atoms with Crippen LogP contribution in [-0.2, 0) is 4.79 Å². The Hall–Kier alpha value is -4.70. The Morgan fingerprint density at radius 2 is 1.81 bits per heavy atom. The number of guanidine groups is 1. The lowest BCUT2D eigenvalue weighted by atomic mass is 9.95. The van der Waals surface area contributed by atoms with Crippen molar-refractivity contribution in [3.63, 3.8) is 0 Å². The van der Waals surface area contributed by atoms with Gasteiger partial charge in [0.1, 0.15) is 11.6 Å². The standard InChI is InChI=1S/C25H19ClN6O4/c1-14-21(23(33)28-15-10-12-16(13-11-15)32(34)35)22(17-6-2-3-7-18(17)26)30-24(27-14)31-25-29-19-8-4-5-9-20(19)36-25/h2-13,22H,1H3,(H,28,33)(H2,27,29,30,31). The number of hydrogen-bond donors (Lipinski definition) is 3. The van der Waals surface area contributed by atoms with Crippen molar-refractivity contribution < 1.29 is 14.1 Å². The molecule has 0 fully saturated rings. The molecule has 1 aliphatic heterocycles. The minimum absolute atomic E-state index is 0.0730. The summed E-state index contributed by atoms with van der Waals surface area (Å²) in [5.74, 6) is -0.0979. The number of nitro groups is 1. The van der Waals surface area contributed by atoms with Crippen molar-refractivity contribution in [2.75, 3.05) is 10.6 Å². The van der Waals surface area contributed by atoms with Crippen LogP contribution in [0.25, 0.3) is 11.1 Å². The van der Waals surface area contributed by atoms with Gasteiger partial charge >= 0.3 is 6.01 Å². The number of para-hydroxylation sites is 2. The van der Waals surface area contributed by atoms with Gasteiger partial charge in [-0.1, -0.05) is 41.9 Å². The number of hydrogen-bond acceptors (Lipinski definition) is 8. The second kappa shape index (κ2) is 9.51. The molecule has 1 atom stereocenters. The Bertz CT molecular complexity index is 1510. The zero-order valence-corrected chi connectivity index (χ0v) is 19.6. The largest absolute Gasteiger partial charge is 0.423 e. The SMILES string of the molecule is CC1=C(C(=O)Nc2ccc([N+](=O)[O-])cc2)C(c2ccccc2Cl)N=C(Nc2nc3ccccc3o2)N1. The van der Waals surface area contributed by atoms with Crippen molar-refractivity contribution in [1.29, 1.82) is 0 Å². The number of nitro benzene ring substituents is 1. The maximum atomic E-state index is 13.4. The number of aromatic nitrogens is 1. The highest BCUT2D eigenvalue weighted by Gasteiger charge is 2.31. The van der Waals surface area contributed by atoms with Crippen LogP contribution in [0.2, 0.25) is 5.02 Å². The molecule has 0 aliphatic carbocycles. The topological polar surface area (TPSA) is 135 Å². The van der Waals surface area contributed by atoms with E-state index < -0.39 is 16.9 Å². The van der Waals surface area contributed by atoms with Gasteiger partial charge in [0, 0.05) is 34.1 Å². The lowest BCUT2D eigenvalue weighted by Crippen LogP contribution is -2.37. The number of carbonyl (C=O) groups excluding carboxylic acids is 1. The number of non-ortho nitro benzene ring substituents is 1. The molecule has 5 rings (SSSR count). The van der Waals surface area contributed by atoms with E-state index in [0.29, 0.717) is 44.6 Å². The zero-order valence-electron chi connectivity index (χ0n) is 18.9. The third-order valence-corrected chi connectivity index (χ3v) is 5.89. The van der Waals surface area contributed by atoms with Gasteiger partial charge in [-0.3, -0.25) is 20.2 Å². The molecule has 10 nitrogen and oxygen atoms in total. The molecular formula is C25H19ClN6O4. The molecule has 0 spiro atoms. The van der Waals surface area contributed by atoms with Crippen molar-refractivity contribution in [2.45, 2.75) is 13.0 Å². The number of oxazole rings is 1. The molecule has 0 saturated carbocycles. The number of anilines is 2. The van der Waals surface area contributed by atoms with Crippen molar-refractivity contribution in [3.8, 4) is 0 Å². The van der Waals surface area contributed by atoms with Gasteiger partial charge in [-0.15, -0.1) is 0 Å². The van der Waals surface area contributed by atoms with Gasteiger partial charge in [-0.05, 0) is 37.3 Å². The zero-order chi connectivity index (χ0) is 25.2. The molecule has 1 unspecified atom stereocenters. The Balaban J connectivity index is 1.46. The van der Waals surface area contributed by atoms with Crippen LogP contribution in [0.1, 0.15) is 18.5 Å². The molecule has 180 valence electrons. The van der Waals surface area contributed by atoms with Gasteiger partial charge in [0.25, 0.3) is 11.6 Å². The number of aliphatic imine (C=N–C) groups is 1. The lowest BCUT2D eigenvalue weighted by molar-refractivity contribution is -0.384. The minimum Gasteiger partial charge on any atom is -0.423 e. The van der Waals surface area contributed by atoms with Gasteiger partial charge in [-0.25, -0.2) is 4.99 Å². The Labute approximate surface area is 209 Å². The average molecular weight is 503 g/mol. The molecule has 0 bridgehead atoms. The first-order valence-corrected chi connectivity index (χ1v) is 11.3. The second-order valence-corrected chi connectivity index (χ2v) is 8.34. The summed E-state index contributed by atoms with van der Waals surface area (Å²) in [5, 5.41) is 20.3. The van der Waals surface area contributed by atoms with E-state index in [2.05, 4.69) is 20.9 Å². The highest BCUT2D eigenvalue weighted by Crippen LogP contribution is 2.35. The molecule has 3 aromatic carbocycles. The summed E-state index contributed by atoms with van der Waals surface area (Å²) < 4.78 is 5.74. The number of benzene rings is 3. The molecule has 1 amide bonds. The van der Waals surface area contributed by atoms with Gasteiger partial charge in [0.05, 0.1) is 10.5 Å². The third-order valence-electron chi connectivity index (χ3n) is 5.54. The second-order valence-electron chi connectivity index (χ2n) is 7.94. The van der Waals surface area contributed by atoms with Crippen molar-refractivity contribution in [2.24, 2.45) is 4.99 Å². The molecular weight excluding hydrogens is 484 g/mol. The number of fused-ring (bicyclic) bond motifs is 1. The lowest BCUT2D eigenvalue weighted by Gasteiger charge is -2.27. The molecule has 2 heterocycles. The smallest absolute Gasteiger partial charge is 0.302 e. The summed E-state index contributed by atoms with van der Waals surface area (Å²) in [5.41, 5.74) is 3.14. The molecule has 0 radical (unpaired) electrons. The summed E-state index contributed by atoms with van der Waals surface area (Å²) >= 11 is 6.48. The number of amides is 1. The number of carbonyl (C=O) groups is 1. The highest BCUT2D eigenvalue weighted by atomic mass is 35.5. The van der Waals surface area contributed by atoms with Gasteiger partial charge in [0.2, 0.25) is 5.96 Å². The summed E-state index contributed by atoms with van der Waals surface area (Å²) in [7, 11) is 0. The first kappa shape index (κ1) is 23.1. The van der Waals surface area contributed by atoms with Crippen molar-refractivity contribution >= 4 is 52.0 Å². The summed E-state index contributed by atoms with van der Waals surface area (Å²) in [4.78, 5) is 32.9. The normalized spacial score (nSPS) is 15.3. The Morgan fingerprint density at radius 3 is 2.53 bits per heavy atom. The van der Waals surface area contributed by atoms with Gasteiger partial charge < -0.3 is 15.1 Å². The Morgan fingerprint density at radius 1 is 1.08 bits per heavy atom. The summed E-state index contributed by atoms with van der Waals surface area (Å²) in [6.07, 6.45) is 0. The minimum atomic E-state index is -0.745. The molecule has 0 saturated heterocycles. The first-order valence-electron chi connectivity index (χ1n) is 10.9. The van der Waals surface area contributed by atoms with E-state index >= 15 is 0 Å². The van der Waals surface area contributed by atoms with Crippen LogP contribution in [0, 0.1) is 10.1 Å². The van der Waals surface area contributed by atoms with Crippen LogP contribution in [0.15, 0.2) is 93.5 Å². The predicted molar refractivity (Wildman–Crippen MR) is 137 cm³/mol. The maximum absolute atomic E-state index is 13.4. The summed E-state index contributed by atoms with van der Waals surface area (Å²) in [6, 6.07) is 19.6. The van der Waals surface area contributed by atoms with Crippen LogP contribution in [0.4, 0.5) is 17.4 Å². The fraction of sp³-hybridized carbons (Fsp3) is 0.0800. The van der Waals surface area contributed by atoms with Crippen LogP contribution in [0.3, 0.4) is 0 Å². The van der Waals surface area contributed by atoms with E-state index in [1.54, 1.807) is 25.1 Å². The quantitative estimate of drug-likeness (QED) is 0.245. The summed E-state index contributed by atoms with van der Waals surface area (Å²) in [6.45, 7) is 1.75. The number of halogens is 1. The molecule has 1 aromatic heterocycles. The van der Waals surface area contributed by atoms with Crippen molar-refractivity contribution in [3.05, 3.63) is 105 Å². The third kappa shape index (κ3) is 4.62. The Kier molecular flexibility index (Phi) is 6.09. The van der Waals surface area contributed by atoms with E-state index in [1.165, 1.54) is 24.3 Å². The maximum Gasteiger partial charge on any atom is 0.302 e. The fourth-order valence-electron chi connectivity index (χ4n) is 3.85. The number of allylic oxidation sites excluding steroid dienone is 1. The van der Waals surface area contributed by atoms with Crippen LogP contribution in [-0.4, -0.2) is 21.8 Å². The predicted octanol–water partition coefficient (Wildman–Crippen LogP) is 5.41. The fourth-order valence-corrected chi connectivity index (χ4v) is 4.09. The van der Waals surface area contributed by atoms with Gasteiger partial charge in [0.15, 0.2) is 5.58 Å². The van der Waals surface area contributed by atoms with Gasteiger partial charge in [-0.2, -0.15) is 4.98 Å². The van der Waals surface area contributed by atoms with E-state index in [4.69, 9.17) is 21.0 Å². The average Bonchev–Trinajstić information content (AvgIpc) is 3.26. The molecule has 4 aromatic rings. The molecule has 1 aliphatic rings. The van der Waals surface area contributed by atoms with E-state index in [-0.39, 0.29) is 11.7 Å². The van der Waals surface area contributed by atoms with Crippen LogP contribution in [0.5, 0.6) is 0 Å². The molecule has 11 heteroatoms.